The molecule has 0 amide bonds. The maximum absolute atomic E-state index is 10.5. The molecule has 2 atom stereocenters. The van der Waals surface area contributed by atoms with Crippen LogP contribution in [0.5, 0.6) is 0 Å². The Morgan fingerprint density at radius 1 is 1.55 bits per heavy atom. The highest BCUT2D eigenvalue weighted by atomic mass is 16.4. The molecule has 0 saturated heterocycles. The SMILES string of the molecule is C/C=C\[C@@H]1CC[C@@H](C(=O)O)C1. The van der Waals surface area contributed by atoms with E-state index in [1.54, 1.807) is 0 Å². The molecule has 2 heteroatoms. The highest BCUT2D eigenvalue weighted by Gasteiger charge is 2.27. The van der Waals surface area contributed by atoms with Gasteiger partial charge in [-0.25, -0.2) is 0 Å². The summed E-state index contributed by atoms with van der Waals surface area (Å²) in [6.45, 7) is 1.98. The molecule has 1 saturated carbocycles. The van der Waals surface area contributed by atoms with E-state index in [1.165, 1.54) is 0 Å². The first-order valence-corrected chi connectivity index (χ1v) is 4.09. The van der Waals surface area contributed by atoms with Crippen LogP contribution in [0.1, 0.15) is 26.2 Å². The third-order valence-corrected chi connectivity index (χ3v) is 2.29. The lowest BCUT2D eigenvalue weighted by Gasteiger charge is -2.01. The predicted octanol–water partition coefficient (Wildman–Crippen LogP) is 2.06. The summed E-state index contributed by atoms with van der Waals surface area (Å²) in [4.78, 5) is 10.5. The molecule has 0 radical (unpaired) electrons. The Kier molecular flexibility index (Phi) is 2.69. The Labute approximate surface area is 66.9 Å². The van der Waals surface area contributed by atoms with E-state index in [2.05, 4.69) is 6.08 Å². The van der Waals surface area contributed by atoms with Gasteiger partial charge in [-0.3, -0.25) is 4.79 Å². The molecule has 0 aromatic rings. The number of hydrogen-bond donors (Lipinski definition) is 1. The number of carboxylic acid groups (broad SMARTS) is 1. The zero-order chi connectivity index (χ0) is 8.27. The third kappa shape index (κ3) is 2.07. The van der Waals surface area contributed by atoms with Crippen molar-refractivity contribution in [3.8, 4) is 0 Å². The lowest BCUT2D eigenvalue weighted by atomic mass is 10.1. The molecule has 0 aromatic heterocycles. The zero-order valence-electron chi connectivity index (χ0n) is 6.79. The van der Waals surface area contributed by atoms with Crippen LogP contribution in [-0.4, -0.2) is 11.1 Å². The molecule has 0 aliphatic heterocycles. The summed E-state index contributed by atoms with van der Waals surface area (Å²) >= 11 is 0. The van der Waals surface area contributed by atoms with Gasteiger partial charge in [0, 0.05) is 0 Å². The van der Waals surface area contributed by atoms with E-state index in [1.807, 2.05) is 13.0 Å². The van der Waals surface area contributed by atoms with Gasteiger partial charge < -0.3 is 5.11 Å². The number of rotatable bonds is 2. The predicted molar refractivity (Wildman–Crippen MR) is 43.3 cm³/mol. The first-order valence-electron chi connectivity index (χ1n) is 4.09. The van der Waals surface area contributed by atoms with Crippen molar-refractivity contribution in [2.75, 3.05) is 0 Å². The summed E-state index contributed by atoms with van der Waals surface area (Å²) in [7, 11) is 0. The number of carbonyl (C=O) groups is 1. The van der Waals surface area contributed by atoms with Gasteiger partial charge in [-0.2, -0.15) is 0 Å². The van der Waals surface area contributed by atoms with Crippen LogP contribution in [0.2, 0.25) is 0 Å². The van der Waals surface area contributed by atoms with Crippen LogP contribution >= 0.6 is 0 Å². The largest absolute Gasteiger partial charge is 0.481 e. The molecular weight excluding hydrogens is 140 g/mol. The van der Waals surface area contributed by atoms with Crippen LogP contribution in [0.4, 0.5) is 0 Å². The number of allylic oxidation sites excluding steroid dienone is 2. The highest BCUT2D eigenvalue weighted by molar-refractivity contribution is 5.70. The van der Waals surface area contributed by atoms with Gasteiger partial charge in [0.1, 0.15) is 0 Å². The van der Waals surface area contributed by atoms with Crippen molar-refractivity contribution in [1.29, 1.82) is 0 Å². The van der Waals surface area contributed by atoms with Gasteiger partial charge >= 0.3 is 5.97 Å². The lowest BCUT2D eigenvalue weighted by molar-refractivity contribution is -0.141. The first-order chi connectivity index (χ1) is 5.24. The molecule has 1 N–H and O–H groups in total. The van der Waals surface area contributed by atoms with Gasteiger partial charge in [-0.15, -0.1) is 0 Å². The topological polar surface area (TPSA) is 37.3 Å². The Balaban J connectivity index is 2.40. The average Bonchev–Trinajstić information content (AvgIpc) is 2.37. The van der Waals surface area contributed by atoms with Crippen molar-refractivity contribution < 1.29 is 9.90 Å². The van der Waals surface area contributed by atoms with Gasteiger partial charge in [0.05, 0.1) is 5.92 Å². The summed E-state index contributed by atoms with van der Waals surface area (Å²) in [5.74, 6) is -0.200. The molecule has 1 fully saturated rings. The van der Waals surface area contributed by atoms with Crippen molar-refractivity contribution in [2.24, 2.45) is 11.8 Å². The Hall–Kier alpha value is -0.790. The summed E-state index contributed by atoms with van der Waals surface area (Å²) in [6, 6.07) is 0. The second-order valence-electron chi connectivity index (χ2n) is 3.13. The van der Waals surface area contributed by atoms with E-state index >= 15 is 0 Å². The molecule has 1 aliphatic rings. The Morgan fingerprint density at radius 2 is 2.27 bits per heavy atom. The maximum Gasteiger partial charge on any atom is 0.306 e. The molecule has 2 nitrogen and oxygen atoms in total. The quantitative estimate of drug-likeness (QED) is 0.618. The minimum Gasteiger partial charge on any atom is -0.481 e. The van der Waals surface area contributed by atoms with E-state index in [-0.39, 0.29) is 5.92 Å². The summed E-state index contributed by atoms with van der Waals surface area (Å²) < 4.78 is 0. The number of hydrogen-bond acceptors (Lipinski definition) is 1. The van der Waals surface area contributed by atoms with E-state index in [0.717, 1.165) is 19.3 Å². The van der Waals surface area contributed by atoms with Crippen LogP contribution < -0.4 is 0 Å². The molecule has 0 heterocycles. The Morgan fingerprint density at radius 3 is 2.73 bits per heavy atom. The smallest absolute Gasteiger partial charge is 0.306 e. The van der Waals surface area contributed by atoms with Crippen LogP contribution in [0, 0.1) is 11.8 Å². The zero-order valence-corrected chi connectivity index (χ0v) is 6.79. The molecule has 62 valence electrons. The molecule has 1 aliphatic carbocycles. The van der Waals surface area contributed by atoms with Gasteiger partial charge in [0.25, 0.3) is 0 Å². The summed E-state index contributed by atoms with van der Waals surface area (Å²) in [5.41, 5.74) is 0. The van der Waals surface area contributed by atoms with Crippen LogP contribution in [-0.2, 0) is 4.79 Å². The minimum absolute atomic E-state index is 0.0869. The fourth-order valence-corrected chi connectivity index (χ4v) is 1.69. The molecule has 1 rings (SSSR count). The molecule has 0 spiro atoms. The molecule has 0 bridgehead atoms. The Bertz CT molecular complexity index is 172. The van der Waals surface area contributed by atoms with Gasteiger partial charge in [-0.1, -0.05) is 12.2 Å². The van der Waals surface area contributed by atoms with Crippen molar-refractivity contribution in [1.82, 2.24) is 0 Å². The number of carboxylic acids is 1. The third-order valence-electron chi connectivity index (χ3n) is 2.29. The van der Waals surface area contributed by atoms with Crippen molar-refractivity contribution in [3.05, 3.63) is 12.2 Å². The molecule has 11 heavy (non-hydrogen) atoms. The highest BCUT2D eigenvalue weighted by Crippen LogP contribution is 2.31. The lowest BCUT2D eigenvalue weighted by Crippen LogP contribution is -2.08. The fraction of sp³-hybridized carbons (Fsp3) is 0.667. The van der Waals surface area contributed by atoms with Gasteiger partial charge in [0.15, 0.2) is 0 Å². The number of aliphatic carboxylic acids is 1. The standard InChI is InChI=1S/C9H14O2/c1-2-3-7-4-5-8(6-7)9(10)11/h2-3,7-8H,4-6H2,1H3,(H,10,11)/b3-2-/t7-,8-/m1/s1. The van der Waals surface area contributed by atoms with E-state index in [0.29, 0.717) is 5.92 Å². The average molecular weight is 154 g/mol. The summed E-state index contributed by atoms with van der Waals surface area (Å²) in [6.07, 6.45) is 6.85. The van der Waals surface area contributed by atoms with E-state index in [9.17, 15) is 4.79 Å². The van der Waals surface area contributed by atoms with E-state index in [4.69, 9.17) is 5.11 Å². The second-order valence-corrected chi connectivity index (χ2v) is 3.13. The normalized spacial score (nSPS) is 31.4. The monoisotopic (exact) mass is 154 g/mol. The van der Waals surface area contributed by atoms with Crippen molar-refractivity contribution in [3.63, 3.8) is 0 Å². The van der Waals surface area contributed by atoms with Crippen LogP contribution in [0.3, 0.4) is 0 Å². The van der Waals surface area contributed by atoms with Gasteiger partial charge in [0.2, 0.25) is 0 Å². The van der Waals surface area contributed by atoms with Crippen LogP contribution in [0.25, 0.3) is 0 Å². The minimum atomic E-state index is -0.628. The molecule has 0 unspecified atom stereocenters. The van der Waals surface area contributed by atoms with Crippen molar-refractivity contribution in [2.45, 2.75) is 26.2 Å². The maximum atomic E-state index is 10.5. The fourth-order valence-electron chi connectivity index (χ4n) is 1.69. The van der Waals surface area contributed by atoms with Crippen LogP contribution in [0.15, 0.2) is 12.2 Å². The molecular formula is C9H14O2. The van der Waals surface area contributed by atoms with Crippen molar-refractivity contribution >= 4 is 5.97 Å². The second kappa shape index (κ2) is 3.56. The van der Waals surface area contributed by atoms with E-state index < -0.39 is 5.97 Å². The summed E-state index contributed by atoms with van der Waals surface area (Å²) in [5, 5.41) is 8.68. The molecule has 0 aromatic carbocycles. The first kappa shape index (κ1) is 8.31. The van der Waals surface area contributed by atoms with Gasteiger partial charge in [-0.05, 0) is 32.1 Å².